The molecule has 0 saturated heterocycles. The predicted octanol–water partition coefficient (Wildman–Crippen LogP) is 1.39. The second-order valence-electron chi connectivity index (χ2n) is 4.75. The molecule has 0 saturated carbocycles. The van der Waals surface area contributed by atoms with Gasteiger partial charge in [0.25, 0.3) is 5.56 Å². The van der Waals surface area contributed by atoms with E-state index in [0.717, 1.165) is 24.3 Å². The average molecular weight is 260 g/mol. The Kier molecular flexibility index (Phi) is 4.16. The van der Waals surface area contributed by atoms with Crippen LogP contribution >= 0.6 is 0 Å². The van der Waals surface area contributed by atoms with E-state index in [0.29, 0.717) is 11.9 Å². The van der Waals surface area contributed by atoms with Crippen molar-refractivity contribution in [2.45, 2.75) is 13.5 Å². The van der Waals surface area contributed by atoms with Gasteiger partial charge in [0.1, 0.15) is 0 Å². The first kappa shape index (κ1) is 13.5. The van der Waals surface area contributed by atoms with Crippen LogP contribution in [-0.4, -0.2) is 41.9 Å². The Labute approximate surface area is 112 Å². The van der Waals surface area contributed by atoms with Crippen molar-refractivity contribution in [2.75, 3.05) is 32.5 Å². The van der Waals surface area contributed by atoms with E-state index < -0.39 is 0 Å². The molecular weight excluding hydrogens is 240 g/mol. The number of rotatable bonds is 5. The lowest BCUT2D eigenvalue weighted by molar-refractivity contribution is 0.425. The second-order valence-corrected chi connectivity index (χ2v) is 4.75. The molecule has 0 bridgehead atoms. The Bertz CT molecular complexity index is 618. The van der Waals surface area contributed by atoms with E-state index in [2.05, 4.69) is 15.3 Å². The van der Waals surface area contributed by atoms with Gasteiger partial charge in [0, 0.05) is 25.0 Å². The SMILES string of the molecule is CCn1nc(NCCN(C)C)c2ccccc2c1=O. The second kappa shape index (κ2) is 5.84. The highest BCUT2D eigenvalue weighted by Gasteiger charge is 2.08. The fraction of sp³-hybridized carbons (Fsp3) is 0.429. The molecule has 102 valence electrons. The number of nitrogens with zero attached hydrogens (tertiary/aromatic N) is 3. The van der Waals surface area contributed by atoms with Crippen LogP contribution in [0.15, 0.2) is 29.1 Å². The number of nitrogens with one attached hydrogen (secondary N) is 1. The van der Waals surface area contributed by atoms with Crippen LogP contribution in [0.3, 0.4) is 0 Å². The average Bonchev–Trinajstić information content (AvgIpc) is 2.41. The summed E-state index contributed by atoms with van der Waals surface area (Å²) >= 11 is 0. The molecule has 0 aliphatic heterocycles. The lowest BCUT2D eigenvalue weighted by Gasteiger charge is -2.13. The normalized spacial score (nSPS) is 11.2. The van der Waals surface area contributed by atoms with Crippen LogP contribution in [0.2, 0.25) is 0 Å². The van der Waals surface area contributed by atoms with Crippen LogP contribution in [0.4, 0.5) is 5.82 Å². The molecule has 0 fully saturated rings. The zero-order chi connectivity index (χ0) is 13.8. The van der Waals surface area contributed by atoms with Crippen molar-refractivity contribution in [3.8, 4) is 0 Å². The van der Waals surface area contributed by atoms with Crippen LogP contribution in [0, 0.1) is 0 Å². The molecule has 0 atom stereocenters. The van der Waals surface area contributed by atoms with Crippen LogP contribution in [0.1, 0.15) is 6.92 Å². The minimum Gasteiger partial charge on any atom is -0.367 e. The number of fused-ring (bicyclic) bond motifs is 1. The molecule has 0 aliphatic rings. The highest BCUT2D eigenvalue weighted by molar-refractivity contribution is 5.90. The number of benzene rings is 1. The van der Waals surface area contributed by atoms with Crippen LogP contribution in [0.5, 0.6) is 0 Å². The van der Waals surface area contributed by atoms with E-state index in [4.69, 9.17) is 0 Å². The van der Waals surface area contributed by atoms with E-state index in [1.807, 2.05) is 45.3 Å². The monoisotopic (exact) mass is 260 g/mol. The lowest BCUT2D eigenvalue weighted by Crippen LogP contribution is -2.26. The summed E-state index contributed by atoms with van der Waals surface area (Å²) in [6.07, 6.45) is 0. The Hall–Kier alpha value is -1.88. The summed E-state index contributed by atoms with van der Waals surface area (Å²) in [7, 11) is 4.06. The van der Waals surface area contributed by atoms with Gasteiger partial charge in [-0.1, -0.05) is 18.2 Å². The van der Waals surface area contributed by atoms with Crippen molar-refractivity contribution in [3.63, 3.8) is 0 Å². The Morgan fingerprint density at radius 3 is 2.58 bits per heavy atom. The summed E-state index contributed by atoms with van der Waals surface area (Å²) in [4.78, 5) is 14.3. The smallest absolute Gasteiger partial charge is 0.274 e. The van der Waals surface area contributed by atoms with Crippen molar-refractivity contribution in [1.29, 1.82) is 0 Å². The molecule has 0 unspecified atom stereocenters. The molecular formula is C14H20N4O. The fourth-order valence-corrected chi connectivity index (χ4v) is 1.98. The molecule has 1 aromatic heterocycles. The van der Waals surface area contributed by atoms with Crippen molar-refractivity contribution in [3.05, 3.63) is 34.6 Å². The van der Waals surface area contributed by atoms with Gasteiger partial charge in [0.15, 0.2) is 5.82 Å². The standard InChI is InChI=1S/C14H20N4O/c1-4-18-14(19)12-8-6-5-7-11(12)13(16-18)15-9-10-17(2)3/h5-8H,4,9-10H2,1-3H3,(H,15,16). The summed E-state index contributed by atoms with van der Waals surface area (Å²) < 4.78 is 1.50. The van der Waals surface area contributed by atoms with E-state index in [9.17, 15) is 4.79 Å². The third-order valence-electron chi connectivity index (χ3n) is 3.02. The maximum Gasteiger partial charge on any atom is 0.274 e. The van der Waals surface area contributed by atoms with Crippen molar-refractivity contribution >= 4 is 16.6 Å². The molecule has 2 rings (SSSR count). The van der Waals surface area contributed by atoms with Gasteiger partial charge in [-0.3, -0.25) is 4.79 Å². The van der Waals surface area contributed by atoms with Crippen molar-refractivity contribution in [2.24, 2.45) is 0 Å². The largest absolute Gasteiger partial charge is 0.367 e. The van der Waals surface area contributed by atoms with Crippen LogP contribution < -0.4 is 10.9 Å². The highest BCUT2D eigenvalue weighted by Crippen LogP contribution is 2.17. The Balaban J connectivity index is 2.42. The number of aromatic nitrogens is 2. The first-order chi connectivity index (χ1) is 9.13. The van der Waals surface area contributed by atoms with Gasteiger partial charge in [0.05, 0.1) is 5.39 Å². The molecule has 5 heteroatoms. The van der Waals surface area contributed by atoms with Gasteiger partial charge in [-0.05, 0) is 27.1 Å². The zero-order valence-electron chi connectivity index (χ0n) is 11.7. The number of aryl methyl sites for hydroxylation is 1. The summed E-state index contributed by atoms with van der Waals surface area (Å²) in [5.41, 5.74) is -0.0312. The third kappa shape index (κ3) is 2.93. The van der Waals surface area contributed by atoms with Crippen molar-refractivity contribution < 1.29 is 0 Å². The highest BCUT2D eigenvalue weighted by atomic mass is 16.1. The maximum absolute atomic E-state index is 12.2. The minimum absolute atomic E-state index is 0.0312. The molecule has 0 amide bonds. The Morgan fingerprint density at radius 2 is 1.95 bits per heavy atom. The molecule has 1 heterocycles. The first-order valence-electron chi connectivity index (χ1n) is 6.52. The van der Waals surface area contributed by atoms with Gasteiger partial charge >= 0.3 is 0 Å². The fourth-order valence-electron chi connectivity index (χ4n) is 1.98. The third-order valence-corrected chi connectivity index (χ3v) is 3.02. The summed E-state index contributed by atoms with van der Waals surface area (Å²) in [6, 6.07) is 7.59. The number of hydrogen-bond donors (Lipinski definition) is 1. The number of hydrogen-bond acceptors (Lipinski definition) is 4. The minimum atomic E-state index is -0.0312. The zero-order valence-corrected chi connectivity index (χ0v) is 11.7. The van der Waals surface area contributed by atoms with Gasteiger partial charge < -0.3 is 10.2 Å². The van der Waals surface area contributed by atoms with Gasteiger partial charge in [-0.15, -0.1) is 0 Å². The molecule has 5 nitrogen and oxygen atoms in total. The molecule has 0 spiro atoms. The van der Waals surface area contributed by atoms with Crippen LogP contribution in [0.25, 0.3) is 10.8 Å². The lowest BCUT2D eigenvalue weighted by atomic mass is 10.2. The molecule has 0 aliphatic carbocycles. The number of likely N-dealkylation sites (N-methyl/N-ethyl adjacent to an activating group) is 1. The van der Waals surface area contributed by atoms with E-state index in [1.54, 1.807) is 0 Å². The molecule has 19 heavy (non-hydrogen) atoms. The summed E-state index contributed by atoms with van der Waals surface area (Å²) in [5, 5.41) is 9.30. The van der Waals surface area contributed by atoms with E-state index >= 15 is 0 Å². The number of anilines is 1. The van der Waals surface area contributed by atoms with Gasteiger partial charge in [-0.2, -0.15) is 5.10 Å². The maximum atomic E-state index is 12.2. The molecule has 2 aromatic rings. The summed E-state index contributed by atoms with van der Waals surface area (Å²) in [6.45, 7) is 4.21. The van der Waals surface area contributed by atoms with E-state index in [-0.39, 0.29) is 5.56 Å². The van der Waals surface area contributed by atoms with Gasteiger partial charge in [-0.25, -0.2) is 4.68 Å². The predicted molar refractivity (Wildman–Crippen MR) is 78.7 cm³/mol. The molecule has 1 N–H and O–H groups in total. The molecule has 0 radical (unpaired) electrons. The van der Waals surface area contributed by atoms with Crippen molar-refractivity contribution in [1.82, 2.24) is 14.7 Å². The summed E-state index contributed by atoms with van der Waals surface area (Å²) in [5.74, 6) is 0.777. The molecule has 1 aromatic carbocycles. The van der Waals surface area contributed by atoms with Gasteiger partial charge in [0.2, 0.25) is 0 Å². The quantitative estimate of drug-likeness (QED) is 0.882. The topological polar surface area (TPSA) is 50.2 Å². The van der Waals surface area contributed by atoms with Crippen LogP contribution in [-0.2, 0) is 6.54 Å². The van der Waals surface area contributed by atoms with E-state index in [1.165, 1.54) is 4.68 Å². The Morgan fingerprint density at radius 1 is 1.26 bits per heavy atom. The first-order valence-corrected chi connectivity index (χ1v) is 6.52.